The largest absolute Gasteiger partial charge is 0.460 e. The van der Waals surface area contributed by atoms with E-state index < -0.39 is 54.2 Å². The molecule has 0 bridgehead atoms. The van der Waals surface area contributed by atoms with Crippen molar-refractivity contribution in [3.63, 3.8) is 0 Å². The van der Waals surface area contributed by atoms with E-state index in [1.54, 1.807) is 0 Å². The minimum absolute atomic E-state index is 2.10. The lowest BCUT2D eigenvalue weighted by Gasteiger charge is -2.39. The molecule has 0 unspecified atom stereocenters. The molecule has 0 fully saturated rings. The Bertz CT molecular complexity index is 561. The molecule has 0 aromatic carbocycles. The Morgan fingerprint density at radius 2 is 1.04 bits per heavy atom. The Morgan fingerprint density at radius 1 is 0.692 bits per heavy atom. The summed E-state index contributed by atoms with van der Waals surface area (Å²) in [7, 11) is 0. The third-order valence-corrected chi connectivity index (χ3v) is 2.60. The molecule has 0 amide bonds. The van der Waals surface area contributed by atoms with Gasteiger partial charge in [0, 0.05) is 0 Å². The first-order chi connectivity index (χ1) is 11.1. The van der Waals surface area contributed by atoms with E-state index in [-0.39, 0.29) is 0 Å². The monoisotopic (exact) mass is 422 g/mol. The second-order valence-corrected chi connectivity index (χ2v) is 4.48. The molecular formula is C10H4F14O2. The maximum Gasteiger partial charge on any atom is 0.460 e. The molecule has 0 aliphatic heterocycles. The fraction of sp³-hybridized carbons (Fsp3) is 0.700. The lowest BCUT2D eigenvalue weighted by molar-refractivity contribution is -0.441. The summed E-state index contributed by atoms with van der Waals surface area (Å²) in [6, 6.07) is 0. The molecule has 0 spiro atoms. The number of carbonyl (C=O) groups is 1. The standard InChI is InChI=1S/C10H4F14O2/c1-3(11)4(25)26-2-5(12,13)6(14,15)7(16,17)8(18,19)9(20,21)10(22,23)24/h1-2H2. The molecule has 0 aliphatic carbocycles. The quantitative estimate of drug-likeness (QED) is 0.336. The van der Waals surface area contributed by atoms with E-state index >= 15 is 0 Å². The number of esters is 1. The molecule has 2 nitrogen and oxygen atoms in total. The van der Waals surface area contributed by atoms with Gasteiger partial charge in [0.1, 0.15) is 0 Å². The van der Waals surface area contributed by atoms with Crippen LogP contribution in [0.3, 0.4) is 0 Å². The van der Waals surface area contributed by atoms with E-state index in [0.717, 1.165) is 0 Å². The van der Waals surface area contributed by atoms with Crippen molar-refractivity contribution < 1.29 is 71.0 Å². The lowest BCUT2D eigenvalue weighted by atomic mass is 9.94. The van der Waals surface area contributed by atoms with Gasteiger partial charge in [-0.05, 0) is 0 Å². The third kappa shape index (κ3) is 3.54. The average Bonchev–Trinajstić information content (AvgIpc) is 2.42. The molecule has 16 heteroatoms. The fourth-order valence-corrected chi connectivity index (χ4v) is 1.13. The zero-order valence-corrected chi connectivity index (χ0v) is 11.5. The zero-order chi connectivity index (χ0) is 21.6. The summed E-state index contributed by atoms with van der Waals surface area (Å²) in [4.78, 5) is 10.4. The molecule has 0 rings (SSSR count). The van der Waals surface area contributed by atoms with Crippen molar-refractivity contribution >= 4 is 5.97 Å². The van der Waals surface area contributed by atoms with Crippen LogP contribution in [0.5, 0.6) is 0 Å². The Hall–Kier alpha value is -1.77. The van der Waals surface area contributed by atoms with Crippen LogP contribution in [-0.4, -0.2) is 48.4 Å². The van der Waals surface area contributed by atoms with Gasteiger partial charge in [-0.15, -0.1) is 0 Å². The van der Waals surface area contributed by atoms with Crippen molar-refractivity contribution in [1.82, 2.24) is 0 Å². The molecule has 0 saturated heterocycles. The molecule has 0 N–H and O–H groups in total. The van der Waals surface area contributed by atoms with Crippen LogP contribution in [0.1, 0.15) is 0 Å². The smallest absolute Gasteiger partial charge is 0.454 e. The van der Waals surface area contributed by atoms with Crippen LogP contribution in [0, 0.1) is 0 Å². The highest BCUT2D eigenvalue weighted by Gasteiger charge is 2.90. The van der Waals surface area contributed by atoms with Gasteiger partial charge in [-0.1, -0.05) is 6.58 Å². The van der Waals surface area contributed by atoms with E-state index in [1.165, 1.54) is 0 Å². The second kappa shape index (κ2) is 6.44. The van der Waals surface area contributed by atoms with Crippen LogP contribution in [0.25, 0.3) is 0 Å². The van der Waals surface area contributed by atoms with Crippen LogP contribution >= 0.6 is 0 Å². The summed E-state index contributed by atoms with van der Waals surface area (Å²) < 4.78 is 179. The van der Waals surface area contributed by atoms with Gasteiger partial charge in [0.05, 0.1) is 0 Å². The third-order valence-electron chi connectivity index (χ3n) is 2.60. The van der Waals surface area contributed by atoms with Gasteiger partial charge in [-0.25, -0.2) is 4.79 Å². The molecular weight excluding hydrogens is 418 g/mol. The van der Waals surface area contributed by atoms with Gasteiger partial charge in [-0.3, -0.25) is 0 Å². The number of carbonyl (C=O) groups excluding carboxylic acids is 1. The number of hydrogen-bond donors (Lipinski definition) is 0. The maximum atomic E-state index is 13.1. The van der Waals surface area contributed by atoms with Crippen LogP contribution in [0.2, 0.25) is 0 Å². The van der Waals surface area contributed by atoms with E-state index in [0.29, 0.717) is 0 Å². The minimum Gasteiger partial charge on any atom is -0.454 e. The lowest BCUT2D eigenvalue weighted by Crippen LogP contribution is -2.70. The Balaban J connectivity index is 6.00. The average molecular weight is 422 g/mol. The topological polar surface area (TPSA) is 26.3 Å². The van der Waals surface area contributed by atoms with Crippen molar-refractivity contribution in [2.75, 3.05) is 6.61 Å². The van der Waals surface area contributed by atoms with Crippen LogP contribution in [0.15, 0.2) is 12.4 Å². The number of ether oxygens (including phenoxy) is 1. The number of alkyl halides is 13. The molecule has 26 heavy (non-hydrogen) atoms. The van der Waals surface area contributed by atoms with Gasteiger partial charge >= 0.3 is 41.8 Å². The highest BCUT2D eigenvalue weighted by Crippen LogP contribution is 2.60. The Kier molecular flexibility index (Phi) is 6.00. The highest BCUT2D eigenvalue weighted by molar-refractivity contribution is 5.85. The van der Waals surface area contributed by atoms with E-state index in [4.69, 9.17) is 0 Å². The van der Waals surface area contributed by atoms with Crippen molar-refractivity contribution in [1.29, 1.82) is 0 Å². The predicted molar refractivity (Wildman–Crippen MR) is 52.0 cm³/mol. The predicted octanol–water partition coefficient (Wildman–Crippen LogP) is 4.75. The normalized spacial score (nSPS) is 15.0. The van der Waals surface area contributed by atoms with Gasteiger partial charge < -0.3 is 4.74 Å². The first-order valence-electron chi connectivity index (χ1n) is 5.55. The molecule has 0 aromatic rings. The summed E-state index contributed by atoms with van der Waals surface area (Å²) in [5.74, 6) is -42.9. The fourth-order valence-electron chi connectivity index (χ4n) is 1.13. The number of hydrogen-bond acceptors (Lipinski definition) is 2. The first-order valence-corrected chi connectivity index (χ1v) is 5.55. The minimum atomic E-state index is -8.06. The molecule has 0 radical (unpaired) electrons. The van der Waals surface area contributed by atoms with Crippen LogP contribution < -0.4 is 0 Å². The molecule has 0 saturated carbocycles. The first kappa shape index (κ1) is 24.2. The van der Waals surface area contributed by atoms with E-state index in [2.05, 4.69) is 11.3 Å². The summed E-state index contributed by atoms with van der Waals surface area (Å²) in [6.07, 6.45) is -7.52. The van der Waals surface area contributed by atoms with E-state index in [9.17, 15) is 66.3 Å². The molecule has 0 aliphatic rings. The summed E-state index contributed by atoms with van der Waals surface area (Å²) >= 11 is 0. The summed E-state index contributed by atoms with van der Waals surface area (Å²) in [5, 5.41) is 0. The molecule has 154 valence electrons. The Morgan fingerprint density at radius 3 is 1.35 bits per heavy atom. The van der Waals surface area contributed by atoms with Gasteiger partial charge in [0.2, 0.25) is 5.83 Å². The number of rotatable bonds is 7. The van der Waals surface area contributed by atoms with Crippen LogP contribution in [0.4, 0.5) is 61.5 Å². The molecule has 0 heterocycles. The zero-order valence-electron chi connectivity index (χ0n) is 11.5. The maximum absolute atomic E-state index is 13.1. The Labute approximate surface area is 133 Å². The molecule has 0 atom stereocenters. The van der Waals surface area contributed by atoms with Crippen LogP contribution in [-0.2, 0) is 9.53 Å². The van der Waals surface area contributed by atoms with Crippen molar-refractivity contribution in [2.24, 2.45) is 0 Å². The summed E-state index contributed by atoms with van der Waals surface area (Å²) in [6.45, 7) is -1.17. The number of halogens is 14. The second-order valence-electron chi connectivity index (χ2n) is 4.48. The van der Waals surface area contributed by atoms with Gasteiger partial charge in [0.25, 0.3) is 0 Å². The van der Waals surface area contributed by atoms with Crippen molar-refractivity contribution in [2.45, 2.75) is 35.8 Å². The SMILES string of the molecule is C=C(F)C(=O)OCC(F)(F)C(F)(F)C(F)(F)C(F)(F)C(F)(F)C(F)(F)F. The summed E-state index contributed by atoms with van der Waals surface area (Å²) in [5.41, 5.74) is 0. The molecule has 0 aromatic heterocycles. The van der Waals surface area contributed by atoms with E-state index in [1.807, 2.05) is 0 Å². The van der Waals surface area contributed by atoms with Gasteiger partial charge in [0.15, 0.2) is 6.61 Å². The van der Waals surface area contributed by atoms with Crippen molar-refractivity contribution in [3.05, 3.63) is 12.4 Å². The highest BCUT2D eigenvalue weighted by atomic mass is 19.4. The van der Waals surface area contributed by atoms with Crippen molar-refractivity contribution in [3.8, 4) is 0 Å². The van der Waals surface area contributed by atoms with Gasteiger partial charge in [-0.2, -0.15) is 61.5 Å².